The molecule has 0 bridgehead atoms. The summed E-state index contributed by atoms with van der Waals surface area (Å²) < 4.78 is 25.6. The maximum Gasteiger partial charge on any atom is 0.139 e. The summed E-state index contributed by atoms with van der Waals surface area (Å²) in [4.78, 5) is 0.418. The fraction of sp³-hybridized carbons (Fsp3) is 0.200. The molecule has 0 radical (unpaired) electrons. The largest absolute Gasteiger partial charge is 0.327 e. The fourth-order valence-corrected chi connectivity index (χ4v) is 1.67. The quantitative estimate of drug-likeness (QED) is 0.617. The third kappa shape index (κ3) is 3.12. The van der Waals surface area contributed by atoms with Gasteiger partial charge in [-0.1, -0.05) is 12.2 Å². The summed E-state index contributed by atoms with van der Waals surface area (Å²) in [7, 11) is 0. The van der Waals surface area contributed by atoms with Crippen LogP contribution < -0.4 is 5.73 Å². The lowest BCUT2D eigenvalue weighted by atomic mass is 10.3. The first-order chi connectivity index (χ1) is 6.63. The molecule has 0 aromatic heterocycles. The fourth-order valence-electron chi connectivity index (χ4n) is 0.831. The molecule has 0 aliphatic carbocycles. The van der Waals surface area contributed by atoms with E-state index in [2.05, 4.69) is 6.58 Å². The zero-order chi connectivity index (χ0) is 10.6. The average molecular weight is 215 g/mol. The van der Waals surface area contributed by atoms with Gasteiger partial charge in [-0.15, -0.1) is 11.8 Å². The molecule has 2 N–H and O–H groups in total. The summed E-state index contributed by atoms with van der Waals surface area (Å²) in [5.41, 5.74) is 6.16. The Balaban J connectivity index is 2.63. The molecule has 0 aliphatic rings. The molecule has 0 amide bonds. The minimum atomic E-state index is -0.565. The highest BCUT2D eigenvalue weighted by Crippen LogP contribution is 2.23. The van der Waals surface area contributed by atoms with Crippen molar-refractivity contribution < 1.29 is 8.78 Å². The molecular weight excluding hydrogens is 204 g/mol. The second kappa shape index (κ2) is 5.12. The first kappa shape index (κ1) is 11.2. The van der Waals surface area contributed by atoms with Crippen LogP contribution in [-0.4, -0.2) is 12.3 Å². The van der Waals surface area contributed by atoms with Crippen molar-refractivity contribution >= 4 is 11.8 Å². The van der Waals surface area contributed by atoms with Gasteiger partial charge in [0.1, 0.15) is 11.6 Å². The first-order valence-corrected chi connectivity index (χ1v) is 5.06. The van der Waals surface area contributed by atoms with Crippen molar-refractivity contribution in [2.45, 2.75) is 4.90 Å². The predicted molar refractivity (Wildman–Crippen MR) is 55.3 cm³/mol. The third-order valence-electron chi connectivity index (χ3n) is 1.61. The van der Waals surface area contributed by atoms with Crippen LogP contribution in [-0.2, 0) is 0 Å². The van der Waals surface area contributed by atoms with Crippen molar-refractivity contribution in [3.8, 4) is 0 Å². The number of halogens is 2. The molecule has 0 saturated heterocycles. The molecule has 0 unspecified atom stereocenters. The van der Waals surface area contributed by atoms with Gasteiger partial charge in [-0.05, 0) is 12.1 Å². The van der Waals surface area contributed by atoms with Gasteiger partial charge in [0.2, 0.25) is 0 Å². The number of thioether (sulfide) groups is 1. The number of hydrogen-bond acceptors (Lipinski definition) is 2. The van der Waals surface area contributed by atoms with Crippen LogP contribution >= 0.6 is 11.8 Å². The first-order valence-electron chi connectivity index (χ1n) is 4.08. The van der Waals surface area contributed by atoms with Gasteiger partial charge in [-0.3, -0.25) is 0 Å². The maximum atomic E-state index is 13.1. The van der Waals surface area contributed by atoms with E-state index >= 15 is 0 Å². The molecule has 1 nitrogen and oxygen atoms in total. The summed E-state index contributed by atoms with van der Waals surface area (Å²) >= 11 is 1.27. The van der Waals surface area contributed by atoms with Crippen LogP contribution in [0.4, 0.5) is 8.78 Å². The number of nitrogens with two attached hydrogens (primary N) is 1. The van der Waals surface area contributed by atoms with Gasteiger partial charge < -0.3 is 5.73 Å². The van der Waals surface area contributed by atoms with Crippen molar-refractivity contribution in [3.63, 3.8) is 0 Å². The summed E-state index contributed by atoms with van der Waals surface area (Å²) in [6.45, 7) is 4.08. The van der Waals surface area contributed by atoms with Crippen LogP contribution in [0.25, 0.3) is 0 Å². The van der Waals surface area contributed by atoms with E-state index < -0.39 is 11.6 Å². The van der Waals surface area contributed by atoms with Gasteiger partial charge in [-0.2, -0.15) is 0 Å². The molecule has 0 fully saturated rings. The number of hydrogen-bond donors (Lipinski definition) is 1. The molecule has 4 heteroatoms. The Bertz CT molecular complexity index is 339. The van der Waals surface area contributed by atoms with E-state index in [1.807, 2.05) is 0 Å². The van der Waals surface area contributed by atoms with Crippen molar-refractivity contribution in [3.05, 3.63) is 42.0 Å². The molecule has 1 aromatic rings. The Kier molecular flexibility index (Phi) is 4.10. The highest BCUT2D eigenvalue weighted by Gasteiger charge is 2.04. The Morgan fingerprint density at radius 1 is 1.43 bits per heavy atom. The van der Waals surface area contributed by atoms with Gasteiger partial charge in [-0.25, -0.2) is 8.78 Å². The second-order valence-corrected chi connectivity index (χ2v) is 3.83. The van der Waals surface area contributed by atoms with E-state index in [4.69, 9.17) is 5.73 Å². The van der Waals surface area contributed by atoms with Crippen LogP contribution in [0.3, 0.4) is 0 Å². The molecule has 0 heterocycles. The molecule has 0 aliphatic heterocycles. The molecule has 0 saturated carbocycles. The van der Waals surface area contributed by atoms with Gasteiger partial charge in [0, 0.05) is 23.3 Å². The smallest absolute Gasteiger partial charge is 0.139 e. The third-order valence-corrected chi connectivity index (χ3v) is 2.81. The SMILES string of the molecule is C=C(CN)CSc1ccc(F)cc1F. The molecule has 0 atom stereocenters. The summed E-state index contributed by atoms with van der Waals surface area (Å²) in [5.74, 6) is -0.552. The van der Waals surface area contributed by atoms with E-state index in [-0.39, 0.29) is 0 Å². The zero-order valence-corrected chi connectivity index (χ0v) is 8.41. The number of benzene rings is 1. The van der Waals surface area contributed by atoms with Crippen LogP contribution in [0.15, 0.2) is 35.2 Å². The Morgan fingerprint density at radius 2 is 2.14 bits per heavy atom. The molecule has 14 heavy (non-hydrogen) atoms. The molecule has 0 spiro atoms. The molecular formula is C10H11F2NS. The van der Waals surface area contributed by atoms with E-state index in [1.165, 1.54) is 23.9 Å². The average Bonchev–Trinajstić information content (AvgIpc) is 2.16. The molecule has 76 valence electrons. The highest BCUT2D eigenvalue weighted by molar-refractivity contribution is 7.99. The predicted octanol–water partition coefficient (Wildman–Crippen LogP) is 2.57. The lowest BCUT2D eigenvalue weighted by Crippen LogP contribution is -2.03. The maximum absolute atomic E-state index is 13.1. The topological polar surface area (TPSA) is 26.0 Å². The standard InChI is InChI=1S/C10H11F2NS/c1-7(5-13)6-14-10-3-2-8(11)4-9(10)12/h2-4H,1,5-6,13H2. The summed E-state index contributed by atoms with van der Waals surface area (Å²) in [6, 6.07) is 3.52. The summed E-state index contributed by atoms with van der Waals surface area (Å²) in [6.07, 6.45) is 0. The van der Waals surface area contributed by atoms with Gasteiger partial charge in [0.05, 0.1) is 0 Å². The Morgan fingerprint density at radius 3 is 2.71 bits per heavy atom. The molecule has 1 aromatic carbocycles. The van der Waals surface area contributed by atoms with Crippen molar-refractivity contribution in [1.82, 2.24) is 0 Å². The van der Waals surface area contributed by atoms with Gasteiger partial charge in [0.15, 0.2) is 0 Å². The Labute approximate surface area is 86.0 Å². The van der Waals surface area contributed by atoms with E-state index in [0.717, 1.165) is 11.6 Å². The van der Waals surface area contributed by atoms with Gasteiger partial charge >= 0.3 is 0 Å². The minimum absolute atomic E-state index is 0.385. The van der Waals surface area contributed by atoms with Crippen molar-refractivity contribution in [2.24, 2.45) is 5.73 Å². The monoisotopic (exact) mass is 215 g/mol. The minimum Gasteiger partial charge on any atom is -0.327 e. The second-order valence-electron chi connectivity index (χ2n) is 2.82. The molecule has 1 rings (SSSR count). The summed E-state index contributed by atoms with van der Waals surface area (Å²) in [5, 5.41) is 0. The van der Waals surface area contributed by atoms with Crippen LogP contribution in [0.5, 0.6) is 0 Å². The van der Waals surface area contributed by atoms with E-state index in [0.29, 0.717) is 17.2 Å². The van der Waals surface area contributed by atoms with Crippen LogP contribution in [0.2, 0.25) is 0 Å². The van der Waals surface area contributed by atoms with E-state index in [1.54, 1.807) is 0 Å². The van der Waals surface area contributed by atoms with Crippen molar-refractivity contribution in [1.29, 1.82) is 0 Å². The normalized spacial score (nSPS) is 10.2. The van der Waals surface area contributed by atoms with E-state index in [9.17, 15) is 8.78 Å². The van der Waals surface area contributed by atoms with Crippen LogP contribution in [0.1, 0.15) is 0 Å². The highest BCUT2D eigenvalue weighted by atomic mass is 32.2. The number of rotatable bonds is 4. The lowest BCUT2D eigenvalue weighted by Gasteiger charge is -2.03. The Hall–Kier alpha value is -0.870. The zero-order valence-electron chi connectivity index (χ0n) is 7.59. The van der Waals surface area contributed by atoms with Gasteiger partial charge in [0.25, 0.3) is 0 Å². The van der Waals surface area contributed by atoms with Crippen molar-refractivity contribution in [2.75, 3.05) is 12.3 Å². The van der Waals surface area contributed by atoms with Crippen LogP contribution in [0, 0.1) is 11.6 Å². The lowest BCUT2D eigenvalue weighted by molar-refractivity contribution is 0.566.